The Labute approximate surface area is 165 Å². The molecule has 10 heteroatoms. The minimum Gasteiger partial charge on any atom is -0.380 e. The van der Waals surface area contributed by atoms with Gasteiger partial charge in [0.05, 0.1) is 11.2 Å². The molecule has 4 N–H and O–H groups in total. The number of aromatic amines is 1. The number of likely N-dealkylation sites (N-methyl/N-ethyl adjacent to an activating group) is 1. The van der Waals surface area contributed by atoms with Crippen molar-refractivity contribution in [3.63, 3.8) is 0 Å². The van der Waals surface area contributed by atoms with Crippen LogP contribution in [0.4, 0.5) is 5.82 Å². The van der Waals surface area contributed by atoms with Gasteiger partial charge < -0.3 is 20.3 Å². The number of hydrogen-bond donors (Lipinski definition) is 3. The molecule has 161 valence electrons. The summed E-state index contributed by atoms with van der Waals surface area (Å²) in [6.45, 7) is 0.464. The molecular formula is C20H18LrN6O3. The Morgan fingerprint density at radius 3 is 2.70 bits per heavy atom. The summed E-state index contributed by atoms with van der Waals surface area (Å²) in [7, 11) is 1.65. The van der Waals surface area contributed by atoms with E-state index in [4.69, 9.17) is 10.3 Å². The van der Waals surface area contributed by atoms with E-state index in [1.165, 1.54) is 4.90 Å². The van der Waals surface area contributed by atoms with E-state index in [-0.39, 0.29) is 18.1 Å². The number of carbonyl (C=O) groups is 1. The zero-order valence-electron chi connectivity index (χ0n) is 15.8. The van der Waals surface area contributed by atoms with Crippen molar-refractivity contribution in [1.82, 2.24) is 25.2 Å². The van der Waals surface area contributed by atoms with Gasteiger partial charge in [-0.2, -0.15) is 5.10 Å². The third-order valence-corrected chi connectivity index (χ3v) is 5.32. The molecule has 1 atom stereocenters. The van der Waals surface area contributed by atoms with Crippen molar-refractivity contribution in [1.29, 1.82) is 0 Å². The maximum atomic E-state index is 12.3. The third kappa shape index (κ3) is 2.63. The zero-order valence-corrected chi connectivity index (χ0v) is 18.0. The maximum absolute atomic E-state index is 12.3. The molecule has 4 heterocycles. The Kier molecular flexibility index (Phi) is 3.99. The van der Waals surface area contributed by atoms with Crippen LogP contribution in [0.3, 0.4) is 0 Å². The molecule has 30 heavy (non-hydrogen) atoms. The number of likely N-dealkylation sites (tertiary alicyclic amines) is 1. The molecule has 4 aromatic rings. The van der Waals surface area contributed by atoms with Crippen LogP contribution in [-0.2, 0) is 10.4 Å². The second-order valence-corrected chi connectivity index (χ2v) is 7.20. The van der Waals surface area contributed by atoms with Crippen LogP contribution >= 0.6 is 0 Å². The number of aromatic nitrogens is 4. The van der Waals surface area contributed by atoms with Gasteiger partial charge in [-0.25, -0.2) is 4.98 Å². The standard InChI is InChI=1S/C20H18N6O3.Lr/c1-26-8-7-20(28,19(26)27)16-10-15(25-29-16)12-4-2-3-11(9-12)13-5-6-14-17(22-13)18(21)24-23-14;/h2-6,9-10,28H,7-8H2,1H3,(H3,21,23,24);. The molecule has 0 bridgehead atoms. The summed E-state index contributed by atoms with van der Waals surface area (Å²) in [5.41, 5.74) is 8.49. The van der Waals surface area contributed by atoms with Gasteiger partial charge in [0.15, 0.2) is 11.6 Å². The smallest absolute Gasteiger partial charge is 0.262 e. The van der Waals surface area contributed by atoms with Gasteiger partial charge in [-0.3, -0.25) is 9.89 Å². The number of nitrogens with zero attached hydrogens (tertiary/aromatic N) is 4. The summed E-state index contributed by atoms with van der Waals surface area (Å²) in [5.74, 6) is 0.112. The minimum absolute atomic E-state index is 0. The van der Waals surface area contributed by atoms with Crippen LogP contribution in [0.2, 0.25) is 0 Å². The van der Waals surface area contributed by atoms with Crippen molar-refractivity contribution in [3.05, 3.63) is 48.2 Å². The second kappa shape index (κ2) is 6.42. The van der Waals surface area contributed by atoms with Gasteiger partial charge in [-0.1, -0.05) is 23.4 Å². The van der Waals surface area contributed by atoms with E-state index in [2.05, 4.69) is 20.3 Å². The molecule has 1 aromatic carbocycles. The average molecular weight is 652 g/mol. The first-order valence-electron chi connectivity index (χ1n) is 9.12. The van der Waals surface area contributed by atoms with Gasteiger partial charge >= 0.3 is 0 Å². The van der Waals surface area contributed by atoms with Crippen LogP contribution in [0.15, 0.2) is 47.0 Å². The number of rotatable bonds is 3. The molecule has 1 fully saturated rings. The Morgan fingerprint density at radius 1 is 1.20 bits per heavy atom. The van der Waals surface area contributed by atoms with Crippen molar-refractivity contribution >= 4 is 22.8 Å². The van der Waals surface area contributed by atoms with E-state index in [1.807, 2.05) is 36.4 Å². The zero-order chi connectivity index (χ0) is 20.2. The van der Waals surface area contributed by atoms with Crippen molar-refractivity contribution < 1.29 is 14.4 Å². The van der Waals surface area contributed by atoms with E-state index >= 15 is 0 Å². The van der Waals surface area contributed by atoms with Gasteiger partial charge in [0.25, 0.3) is 5.91 Å². The van der Waals surface area contributed by atoms with Crippen LogP contribution in [0, 0.1) is 0 Å². The van der Waals surface area contributed by atoms with Crippen LogP contribution < -0.4 is 5.73 Å². The van der Waals surface area contributed by atoms with Gasteiger partial charge in [-0.15, -0.1) is 0 Å². The summed E-state index contributed by atoms with van der Waals surface area (Å²) in [6, 6.07) is 13.0. The number of aliphatic hydroxyl groups is 1. The third-order valence-electron chi connectivity index (χ3n) is 5.32. The molecule has 0 aliphatic carbocycles. The van der Waals surface area contributed by atoms with Crippen molar-refractivity contribution in [2.75, 3.05) is 19.3 Å². The molecule has 9 nitrogen and oxygen atoms in total. The number of nitrogens with two attached hydrogens (primary N) is 1. The fourth-order valence-corrected chi connectivity index (χ4v) is 3.61. The van der Waals surface area contributed by atoms with E-state index < -0.39 is 5.60 Å². The Bertz CT molecular complexity index is 1250. The number of nitrogen functional groups attached to an aromatic ring is 1. The molecule has 0 saturated carbocycles. The molecule has 3 aromatic heterocycles. The van der Waals surface area contributed by atoms with Crippen LogP contribution in [-0.4, -0.2) is 49.8 Å². The summed E-state index contributed by atoms with van der Waals surface area (Å²) < 4.78 is 5.34. The number of anilines is 1. The van der Waals surface area contributed by atoms with Gasteiger partial charge in [-0.05, 0) is 18.2 Å². The molecule has 1 unspecified atom stereocenters. The predicted octanol–water partition coefficient (Wildman–Crippen LogP) is 1.91. The van der Waals surface area contributed by atoms with Crippen molar-refractivity contribution in [3.8, 4) is 22.5 Å². The fourth-order valence-electron chi connectivity index (χ4n) is 3.61. The van der Waals surface area contributed by atoms with Crippen LogP contribution in [0.5, 0.6) is 0 Å². The predicted molar refractivity (Wildman–Crippen MR) is 105 cm³/mol. The number of pyridine rings is 1. The Morgan fingerprint density at radius 2 is 1.97 bits per heavy atom. The normalized spacial score (nSPS) is 18.7. The molecule has 1 aliphatic heterocycles. The Hall–Kier alpha value is -4.72. The van der Waals surface area contributed by atoms with Gasteiger partial charge in [0, 0.05) is 37.2 Å². The van der Waals surface area contributed by atoms with Gasteiger partial charge in [0.2, 0.25) is 5.60 Å². The number of H-pyrrole nitrogens is 1. The molecular weight excluding hydrogens is 634 g/mol. The summed E-state index contributed by atoms with van der Waals surface area (Å²) in [4.78, 5) is 18.3. The number of carbonyl (C=O) groups excluding carboxylic acids is 1. The SMILES string of the molecule is CN1CCC(O)(c2cc(-c3cccc(-c4ccc5[nH]nc(N)c5n4)c3)no2)C1=O.[Lr]. The van der Waals surface area contributed by atoms with Crippen molar-refractivity contribution in [2.24, 2.45) is 0 Å². The van der Waals surface area contributed by atoms with E-state index in [1.54, 1.807) is 13.1 Å². The van der Waals surface area contributed by atoms with Crippen LogP contribution in [0.25, 0.3) is 33.5 Å². The summed E-state index contributed by atoms with van der Waals surface area (Å²) in [5, 5.41) is 21.6. The monoisotopic (exact) mass is 652 g/mol. The first kappa shape index (κ1) is 18.6. The number of amides is 1. The van der Waals surface area contributed by atoms with E-state index in [0.717, 1.165) is 22.3 Å². The Balaban J connectivity index is 0.00000218. The largest absolute Gasteiger partial charge is 0.380 e. The second-order valence-electron chi connectivity index (χ2n) is 7.20. The van der Waals surface area contributed by atoms with E-state index in [9.17, 15) is 9.90 Å². The quantitative estimate of drug-likeness (QED) is 0.308. The first-order valence-corrected chi connectivity index (χ1v) is 9.12. The molecule has 0 spiro atoms. The fraction of sp³-hybridized carbons (Fsp3) is 0.200. The first-order chi connectivity index (χ1) is 14.0. The number of benzene rings is 1. The number of hydrogen-bond acceptors (Lipinski definition) is 7. The summed E-state index contributed by atoms with van der Waals surface area (Å²) in [6.07, 6.45) is 0.271. The average Bonchev–Trinajstić information content (AvgIpc) is 3.44. The molecule has 5 rings (SSSR count). The van der Waals surface area contributed by atoms with E-state index in [0.29, 0.717) is 23.6 Å². The van der Waals surface area contributed by atoms with Gasteiger partial charge in [0.1, 0.15) is 11.2 Å². The number of fused-ring (bicyclic) bond motifs is 1. The molecule has 1 aliphatic rings. The minimum atomic E-state index is -1.66. The topological polar surface area (TPSA) is 134 Å². The van der Waals surface area contributed by atoms with Crippen LogP contribution in [0.1, 0.15) is 12.2 Å². The molecule has 1 radical (unpaired) electrons. The molecule has 1 amide bonds. The maximum Gasteiger partial charge on any atom is 0.262 e. The van der Waals surface area contributed by atoms with Crippen molar-refractivity contribution in [2.45, 2.75) is 12.0 Å². The number of nitrogens with one attached hydrogen (secondary N) is 1. The summed E-state index contributed by atoms with van der Waals surface area (Å²) >= 11 is 0. The molecule has 1 saturated heterocycles.